The van der Waals surface area contributed by atoms with Crippen LogP contribution in [0.1, 0.15) is 10.5 Å². The zero-order chi connectivity index (χ0) is 12.3. The molecule has 0 fully saturated rings. The quantitative estimate of drug-likeness (QED) is 0.857. The van der Waals surface area contributed by atoms with E-state index in [1.165, 1.54) is 0 Å². The van der Waals surface area contributed by atoms with Crippen LogP contribution in [-0.2, 0) is 0 Å². The van der Waals surface area contributed by atoms with Crippen molar-refractivity contribution in [1.29, 1.82) is 0 Å². The smallest absolute Gasteiger partial charge is 0.274 e. The van der Waals surface area contributed by atoms with Crippen molar-refractivity contribution in [1.82, 2.24) is 4.98 Å². The average Bonchev–Trinajstić information content (AvgIpc) is 2.29. The Hall–Kier alpha value is -2.07. The number of carbonyl (C=O) groups excluding carboxylic acids is 1. The second-order valence-corrected chi connectivity index (χ2v) is 3.85. The van der Waals surface area contributed by atoms with Crippen molar-refractivity contribution >= 4 is 29.0 Å². The van der Waals surface area contributed by atoms with E-state index >= 15 is 0 Å². The van der Waals surface area contributed by atoms with Crippen molar-refractivity contribution < 1.29 is 4.79 Å². The number of pyridine rings is 1. The monoisotopic (exact) mass is 247 g/mol. The lowest BCUT2D eigenvalue weighted by atomic mass is 10.3. The second-order valence-electron chi connectivity index (χ2n) is 3.41. The summed E-state index contributed by atoms with van der Waals surface area (Å²) in [6, 6.07) is 11.8. The van der Waals surface area contributed by atoms with Crippen LogP contribution in [0.4, 0.5) is 11.5 Å². The Kier molecular flexibility index (Phi) is 3.25. The lowest BCUT2D eigenvalue weighted by Gasteiger charge is -2.05. The number of nitrogen functional groups attached to an aromatic ring is 1. The van der Waals surface area contributed by atoms with Gasteiger partial charge in [0.15, 0.2) is 0 Å². The fourth-order valence-corrected chi connectivity index (χ4v) is 1.53. The van der Waals surface area contributed by atoms with Crippen molar-refractivity contribution in [2.75, 3.05) is 11.1 Å². The molecule has 0 saturated heterocycles. The number of amides is 1. The summed E-state index contributed by atoms with van der Waals surface area (Å²) >= 11 is 5.81. The molecular weight excluding hydrogens is 238 g/mol. The first kappa shape index (κ1) is 11.4. The van der Waals surface area contributed by atoms with E-state index in [1.54, 1.807) is 42.5 Å². The highest BCUT2D eigenvalue weighted by atomic mass is 35.5. The lowest BCUT2D eigenvalue weighted by molar-refractivity contribution is 0.102. The molecule has 17 heavy (non-hydrogen) atoms. The molecule has 2 rings (SSSR count). The van der Waals surface area contributed by atoms with Crippen LogP contribution in [-0.4, -0.2) is 10.9 Å². The highest BCUT2D eigenvalue weighted by Gasteiger charge is 2.07. The van der Waals surface area contributed by atoms with Crippen molar-refractivity contribution in [3.8, 4) is 0 Å². The molecule has 0 spiro atoms. The maximum atomic E-state index is 11.8. The fraction of sp³-hybridized carbons (Fsp3) is 0. The van der Waals surface area contributed by atoms with Gasteiger partial charge in [0.05, 0.1) is 0 Å². The normalized spacial score (nSPS) is 9.94. The van der Waals surface area contributed by atoms with E-state index in [4.69, 9.17) is 17.3 Å². The Morgan fingerprint density at radius 2 is 2.00 bits per heavy atom. The van der Waals surface area contributed by atoms with E-state index in [2.05, 4.69) is 10.3 Å². The van der Waals surface area contributed by atoms with Crippen LogP contribution in [0.2, 0.25) is 5.02 Å². The molecule has 3 N–H and O–H groups in total. The third-order valence-electron chi connectivity index (χ3n) is 2.09. The highest BCUT2D eigenvalue weighted by molar-refractivity contribution is 6.30. The minimum atomic E-state index is -0.320. The number of halogens is 1. The highest BCUT2D eigenvalue weighted by Crippen LogP contribution is 2.15. The number of nitrogens with zero attached hydrogens (tertiary/aromatic N) is 1. The number of rotatable bonds is 2. The summed E-state index contributed by atoms with van der Waals surface area (Å²) < 4.78 is 0. The first-order chi connectivity index (χ1) is 8.15. The minimum absolute atomic E-state index is 0.268. The number of anilines is 2. The molecule has 1 heterocycles. The maximum absolute atomic E-state index is 11.8. The fourth-order valence-electron chi connectivity index (χ4n) is 1.34. The van der Waals surface area contributed by atoms with E-state index in [0.29, 0.717) is 16.5 Å². The molecule has 4 nitrogen and oxygen atoms in total. The van der Waals surface area contributed by atoms with Gasteiger partial charge in [-0.05, 0) is 30.3 Å². The molecule has 0 aliphatic heterocycles. The molecule has 1 aromatic heterocycles. The third kappa shape index (κ3) is 2.95. The predicted octanol–water partition coefficient (Wildman–Crippen LogP) is 2.57. The Labute approximate surface area is 103 Å². The molecule has 0 aliphatic rings. The number of benzene rings is 1. The topological polar surface area (TPSA) is 68.0 Å². The van der Waals surface area contributed by atoms with Gasteiger partial charge in [0.2, 0.25) is 0 Å². The molecule has 1 aromatic carbocycles. The summed E-state index contributed by atoms with van der Waals surface area (Å²) in [5, 5.41) is 3.24. The summed E-state index contributed by atoms with van der Waals surface area (Å²) in [6.45, 7) is 0. The van der Waals surface area contributed by atoms with E-state index in [-0.39, 0.29) is 11.6 Å². The molecule has 0 bridgehead atoms. The van der Waals surface area contributed by atoms with Gasteiger partial charge >= 0.3 is 0 Å². The van der Waals surface area contributed by atoms with E-state index in [9.17, 15) is 4.79 Å². The number of hydrogen-bond acceptors (Lipinski definition) is 3. The summed E-state index contributed by atoms with van der Waals surface area (Å²) in [6.07, 6.45) is 0. The first-order valence-electron chi connectivity index (χ1n) is 4.94. The number of nitrogens with one attached hydrogen (secondary N) is 1. The van der Waals surface area contributed by atoms with E-state index in [0.717, 1.165) is 0 Å². The average molecular weight is 248 g/mol. The van der Waals surface area contributed by atoms with Crippen molar-refractivity contribution in [2.24, 2.45) is 0 Å². The molecule has 1 amide bonds. The van der Waals surface area contributed by atoms with Crippen molar-refractivity contribution in [2.45, 2.75) is 0 Å². The molecule has 0 aliphatic carbocycles. The van der Waals surface area contributed by atoms with Crippen LogP contribution in [0, 0.1) is 0 Å². The SMILES string of the molecule is Nc1cccc(C(=O)Nc2cccc(Cl)c2)n1. The van der Waals surface area contributed by atoms with Crippen LogP contribution in [0.3, 0.4) is 0 Å². The summed E-state index contributed by atoms with van der Waals surface area (Å²) in [5.74, 6) is -0.0108. The van der Waals surface area contributed by atoms with Crippen LogP contribution in [0.5, 0.6) is 0 Å². The molecule has 86 valence electrons. The number of aromatic nitrogens is 1. The van der Waals surface area contributed by atoms with E-state index < -0.39 is 0 Å². The zero-order valence-corrected chi connectivity index (χ0v) is 9.61. The number of nitrogens with two attached hydrogens (primary N) is 1. The predicted molar refractivity (Wildman–Crippen MR) is 68.1 cm³/mol. The summed E-state index contributed by atoms with van der Waals surface area (Å²) in [7, 11) is 0. The van der Waals surface area contributed by atoms with Gasteiger partial charge in [0.1, 0.15) is 11.5 Å². The van der Waals surface area contributed by atoms with Gasteiger partial charge in [0, 0.05) is 10.7 Å². The summed E-state index contributed by atoms with van der Waals surface area (Å²) in [4.78, 5) is 15.7. The van der Waals surface area contributed by atoms with Gasteiger partial charge in [0.25, 0.3) is 5.91 Å². The van der Waals surface area contributed by atoms with Gasteiger partial charge in [-0.25, -0.2) is 4.98 Å². The number of carbonyl (C=O) groups is 1. The standard InChI is InChI=1S/C12H10ClN3O/c13-8-3-1-4-9(7-8)15-12(17)10-5-2-6-11(14)16-10/h1-7H,(H2,14,16)(H,15,17). The van der Waals surface area contributed by atoms with Gasteiger partial charge in [-0.3, -0.25) is 4.79 Å². The first-order valence-corrected chi connectivity index (χ1v) is 5.32. The molecule has 0 radical (unpaired) electrons. The van der Waals surface area contributed by atoms with E-state index in [1.807, 2.05) is 0 Å². The van der Waals surface area contributed by atoms with Crippen molar-refractivity contribution in [3.63, 3.8) is 0 Å². The second kappa shape index (κ2) is 4.84. The van der Waals surface area contributed by atoms with Crippen LogP contribution < -0.4 is 11.1 Å². The molecule has 2 aromatic rings. The van der Waals surface area contributed by atoms with Crippen LogP contribution in [0.15, 0.2) is 42.5 Å². The minimum Gasteiger partial charge on any atom is -0.384 e. The zero-order valence-electron chi connectivity index (χ0n) is 8.85. The largest absolute Gasteiger partial charge is 0.384 e. The van der Waals surface area contributed by atoms with Gasteiger partial charge in [-0.1, -0.05) is 23.7 Å². The van der Waals surface area contributed by atoms with Crippen molar-refractivity contribution in [3.05, 3.63) is 53.2 Å². The van der Waals surface area contributed by atoms with Crippen LogP contribution >= 0.6 is 11.6 Å². The van der Waals surface area contributed by atoms with Crippen LogP contribution in [0.25, 0.3) is 0 Å². The maximum Gasteiger partial charge on any atom is 0.274 e. The van der Waals surface area contributed by atoms with Gasteiger partial charge in [-0.2, -0.15) is 0 Å². The molecule has 0 unspecified atom stereocenters. The molecule has 5 heteroatoms. The molecule has 0 saturated carbocycles. The van der Waals surface area contributed by atoms with Gasteiger partial charge < -0.3 is 11.1 Å². The Morgan fingerprint density at radius 1 is 1.24 bits per heavy atom. The summed E-state index contributed by atoms with van der Waals surface area (Å²) in [5.41, 5.74) is 6.39. The Balaban J connectivity index is 2.17. The molecular formula is C12H10ClN3O. The third-order valence-corrected chi connectivity index (χ3v) is 2.32. The number of hydrogen-bond donors (Lipinski definition) is 2. The Bertz CT molecular complexity index is 557. The Morgan fingerprint density at radius 3 is 2.71 bits per heavy atom. The van der Waals surface area contributed by atoms with Gasteiger partial charge in [-0.15, -0.1) is 0 Å². The lowest BCUT2D eigenvalue weighted by Crippen LogP contribution is -2.14. The molecule has 0 atom stereocenters.